The van der Waals surface area contributed by atoms with Crippen LogP contribution < -0.4 is 10.5 Å². The van der Waals surface area contributed by atoms with Crippen LogP contribution in [0, 0.1) is 0 Å². The Balaban J connectivity index is 2.64. The molecule has 0 aliphatic heterocycles. The largest absolute Gasteiger partial charge is 0.468 e. The van der Waals surface area contributed by atoms with E-state index in [0.717, 1.165) is 24.7 Å². The zero-order valence-electron chi connectivity index (χ0n) is 11.6. The first-order valence-electron chi connectivity index (χ1n) is 6.25. The molecular formula is C13H20N2O4S. The van der Waals surface area contributed by atoms with Gasteiger partial charge in [0.2, 0.25) is 10.0 Å². The third-order valence-electron chi connectivity index (χ3n) is 2.93. The highest BCUT2D eigenvalue weighted by molar-refractivity contribution is 7.90. The fourth-order valence-corrected chi connectivity index (χ4v) is 2.56. The Bertz CT molecular complexity index is 540. The van der Waals surface area contributed by atoms with Crippen molar-refractivity contribution in [2.24, 2.45) is 5.73 Å². The Labute approximate surface area is 119 Å². The molecule has 0 bridgehead atoms. The van der Waals surface area contributed by atoms with Crippen molar-refractivity contribution in [2.45, 2.75) is 25.1 Å². The van der Waals surface area contributed by atoms with Crippen LogP contribution in [-0.2, 0) is 32.5 Å². The van der Waals surface area contributed by atoms with Gasteiger partial charge in [0.1, 0.15) is 0 Å². The number of benzene rings is 1. The first-order chi connectivity index (χ1) is 9.40. The van der Waals surface area contributed by atoms with Gasteiger partial charge in [0, 0.05) is 6.54 Å². The molecular weight excluding hydrogens is 280 g/mol. The van der Waals surface area contributed by atoms with Crippen molar-refractivity contribution in [2.75, 3.05) is 13.7 Å². The van der Waals surface area contributed by atoms with Crippen LogP contribution in [0.1, 0.15) is 18.1 Å². The lowest BCUT2D eigenvalue weighted by atomic mass is 10.1. The van der Waals surface area contributed by atoms with Gasteiger partial charge in [-0.05, 0) is 31.0 Å². The summed E-state index contributed by atoms with van der Waals surface area (Å²) >= 11 is 0. The maximum atomic E-state index is 11.8. The van der Waals surface area contributed by atoms with Crippen LogP contribution in [0.3, 0.4) is 0 Å². The highest BCUT2D eigenvalue weighted by atomic mass is 32.2. The number of nitrogens with two attached hydrogens (primary N) is 1. The summed E-state index contributed by atoms with van der Waals surface area (Å²) in [5.74, 6) is -0.782. The van der Waals surface area contributed by atoms with Crippen LogP contribution in [-0.4, -0.2) is 33.3 Å². The first-order valence-corrected chi connectivity index (χ1v) is 7.79. The Kier molecular flexibility index (Phi) is 6.12. The van der Waals surface area contributed by atoms with Crippen molar-refractivity contribution in [3.8, 4) is 0 Å². The average molecular weight is 300 g/mol. The van der Waals surface area contributed by atoms with Crippen molar-refractivity contribution in [1.82, 2.24) is 4.72 Å². The minimum atomic E-state index is -3.73. The van der Waals surface area contributed by atoms with E-state index < -0.39 is 21.2 Å². The highest BCUT2D eigenvalue weighted by Gasteiger charge is 2.28. The number of hydrogen-bond donors (Lipinski definition) is 2. The summed E-state index contributed by atoms with van der Waals surface area (Å²) < 4.78 is 30.5. The number of esters is 1. The Hall–Kier alpha value is -1.44. The SMILES string of the molecule is COC(=O)C(C)S(=O)(=O)NCc1ccc(CCN)cc1. The molecule has 0 aromatic heterocycles. The molecule has 1 atom stereocenters. The molecule has 1 aromatic carbocycles. The van der Waals surface area contributed by atoms with Crippen molar-refractivity contribution < 1.29 is 17.9 Å². The second-order valence-electron chi connectivity index (χ2n) is 4.39. The normalized spacial score (nSPS) is 12.9. The minimum Gasteiger partial charge on any atom is -0.468 e. The van der Waals surface area contributed by atoms with Gasteiger partial charge >= 0.3 is 5.97 Å². The monoisotopic (exact) mass is 300 g/mol. The summed E-state index contributed by atoms with van der Waals surface area (Å²) in [6, 6.07) is 7.47. The number of hydrogen-bond acceptors (Lipinski definition) is 5. The van der Waals surface area contributed by atoms with E-state index in [1.807, 2.05) is 24.3 Å². The van der Waals surface area contributed by atoms with Gasteiger partial charge in [-0.15, -0.1) is 0 Å². The maximum absolute atomic E-state index is 11.8. The van der Waals surface area contributed by atoms with Crippen LogP contribution in [0.5, 0.6) is 0 Å². The van der Waals surface area contributed by atoms with Gasteiger partial charge in [0.15, 0.2) is 5.25 Å². The van der Waals surface area contributed by atoms with E-state index in [-0.39, 0.29) is 6.54 Å². The number of carbonyl (C=O) groups excluding carboxylic acids is 1. The van der Waals surface area contributed by atoms with Crippen molar-refractivity contribution in [3.05, 3.63) is 35.4 Å². The van der Waals surface area contributed by atoms with Gasteiger partial charge in [-0.2, -0.15) is 0 Å². The number of carbonyl (C=O) groups is 1. The molecule has 7 heteroatoms. The minimum absolute atomic E-state index is 0.132. The molecule has 0 radical (unpaired) electrons. The second kappa shape index (κ2) is 7.37. The number of sulfonamides is 1. The lowest BCUT2D eigenvalue weighted by Gasteiger charge is -2.12. The summed E-state index contributed by atoms with van der Waals surface area (Å²) in [5.41, 5.74) is 7.36. The first kappa shape index (κ1) is 16.6. The van der Waals surface area contributed by atoms with E-state index >= 15 is 0 Å². The van der Waals surface area contributed by atoms with Gasteiger partial charge in [-0.25, -0.2) is 13.1 Å². The van der Waals surface area contributed by atoms with E-state index in [1.54, 1.807) is 0 Å². The van der Waals surface area contributed by atoms with E-state index in [2.05, 4.69) is 9.46 Å². The van der Waals surface area contributed by atoms with E-state index in [0.29, 0.717) is 6.54 Å². The van der Waals surface area contributed by atoms with Crippen molar-refractivity contribution in [3.63, 3.8) is 0 Å². The Morgan fingerprint density at radius 3 is 2.35 bits per heavy atom. The number of ether oxygens (including phenoxy) is 1. The maximum Gasteiger partial charge on any atom is 0.325 e. The van der Waals surface area contributed by atoms with Crippen LogP contribution in [0.2, 0.25) is 0 Å². The Morgan fingerprint density at radius 2 is 1.85 bits per heavy atom. The fourth-order valence-electron chi connectivity index (χ4n) is 1.59. The molecule has 112 valence electrons. The molecule has 0 fully saturated rings. The summed E-state index contributed by atoms with van der Waals surface area (Å²) in [6.45, 7) is 1.99. The lowest BCUT2D eigenvalue weighted by Crippen LogP contribution is -2.37. The van der Waals surface area contributed by atoms with E-state index in [9.17, 15) is 13.2 Å². The molecule has 1 unspecified atom stereocenters. The van der Waals surface area contributed by atoms with Gasteiger partial charge in [0.05, 0.1) is 7.11 Å². The fraction of sp³-hybridized carbons (Fsp3) is 0.462. The molecule has 1 aromatic rings. The lowest BCUT2D eigenvalue weighted by molar-refractivity contribution is -0.139. The molecule has 6 nitrogen and oxygen atoms in total. The Morgan fingerprint density at radius 1 is 1.30 bits per heavy atom. The van der Waals surface area contributed by atoms with Gasteiger partial charge < -0.3 is 10.5 Å². The smallest absolute Gasteiger partial charge is 0.325 e. The quantitative estimate of drug-likeness (QED) is 0.699. The molecule has 0 heterocycles. The van der Waals surface area contributed by atoms with Gasteiger partial charge in [-0.3, -0.25) is 4.79 Å². The third kappa shape index (κ3) is 4.59. The topological polar surface area (TPSA) is 98.5 Å². The van der Waals surface area contributed by atoms with Gasteiger partial charge in [0.25, 0.3) is 0 Å². The zero-order chi connectivity index (χ0) is 15.2. The molecule has 0 aliphatic carbocycles. The molecule has 0 saturated carbocycles. The summed E-state index contributed by atoms with van der Waals surface area (Å²) in [6.07, 6.45) is 0.783. The predicted molar refractivity (Wildman–Crippen MR) is 76.4 cm³/mol. The number of methoxy groups -OCH3 is 1. The van der Waals surface area contributed by atoms with Crippen LogP contribution in [0.4, 0.5) is 0 Å². The summed E-state index contributed by atoms with van der Waals surface area (Å²) in [5, 5.41) is -1.23. The van der Waals surface area contributed by atoms with Gasteiger partial charge in [-0.1, -0.05) is 24.3 Å². The molecule has 0 amide bonds. The van der Waals surface area contributed by atoms with Crippen LogP contribution in [0.25, 0.3) is 0 Å². The second-order valence-corrected chi connectivity index (χ2v) is 6.47. The standard InChI is InChI=1S/C13H20N2O4S/c1-10(13(16)19-2)20(17,18)15-9-12-5-3-11(4-6-12)7-8-14/h3-6,10,15H,7-9,14H2,1-2H3. The summed E-state index contributed by atoms with van der Waals surface area (Å²) in [7, 11) is -2.58. The molecule has 1 rings (SSSR count). The van der Waals surface area contributed by atoms with Crippen LogP contribution >= 0.6 is 0 Å². The predicted octanol–water partition coefficient (Wildman–Crippen LogP) is 0.169. The van der Waals surface area contributed by atoms with Crippen LogP contribution in [0.15, 0.2) is 24.3 Å². The molecule has 3 N–H and O–H groups in total. The number of rotatable bonds is 7. The zero-order valence-corrected chi connectivity index (χ0v) is 12.4. The average Bonchev–Trinajstić information content (AvgIpc) is 2.45. The molecule has 0 aliphatic rings. The van der Waals surface area contributed by atoms with E-state index in [4.69, 9.17) is 5.73 Å². The van der Waals surface area contributed by atoms with E-state index in [1.165, 1.54) is 6.92 Å². The molecule has 0 spiro atoms. The van der Waals surface area contributed by atoms with Crippen molar-refractivity contribution >= 4 is 16.0 Å². The third-order valence-corrected chi connectivity index (χ3v) is 4.60. The van der Waals surface area contributed by atoms with Crippen molar-refractivity contribution in [1.29, 1.82) is 0 Å². The molecule has 0 saturated heterocycles. The molecule has 20 heavy (non-hydrogen) atoms. The summed E-state index contributed by atoms with van der Waals surface area (Å²) in [4.78, 5) is 11.2. The highest BCUT2D eigenvalue weighted by Crippen LogP contribution is 2.07. The number of nitrogens with one attached hydrogen (secondary N) is 1.